The number of benzene rings is 1. The van der Waals surface area contributed by atoms with Crippen molar-refractivity contribution in [1.82, 2.24) is 9.80 Å². The van der Waals surface area contributed by atoms with Crippen LogP contribution in [0.1, 0.15) is 44.1 Å². The normalized spacial score (nSPS) is 19.2. The van der Waals surface area contributed by atoms with Crippen LogP contribution in [-0.4, -0.2) is 67.3 Å². The molecule has 0 atom stereocenters. The van der Waals surface area contributed by atoms with Crippen molar-refractivity contribution in [2.75, 3.05) is 57.7 Å². The second-order valence-electron chi connectivity index (χ2n) is 7.81. The lowest BCUT2D eigenvalue weighted by atomic mass is 9.91. The van der Waals surface area contributed by atoms with Crippen molar-refractivity contribution < 1.29 is 5.11 Å². The Morgan fingerprint density at radius 1 is 0.963 bits per heavy atom. The van der Waals surface area contributed by atoms with Crippen molar-refractivity contribution in [3.8, 4) is 0 Å². The molecule has 1 aromatic rings. The first kappa shape index (κ1) is 20.2. The molecule has 0 spiro atoms. The molecule has 150 valence electrons. The highest BCUT2D eigenvalue weighted by Crippen LogP contribution is 2.30. The molecule has 0 aromatic heterocycles. The minimum Gasteiger partial charge on any atom is -0.398 e. The molecule has 0 unspecified atom stereocenters. The number of β-amino-alcohol motifs (C(OH)–C–C–N with tert-alkyl or cyclic N) is 1. The van der Waals surface area contributed by atoms with E-state index in [4.69, 9.17) is 10.8 Å². The van der Waals surface area contributed by atoms with Gasteiger partial charge in [-0.05, 0) is 50.3 Å². The van der Waals surface area contributed by atoms with E-state index in [1.54, 1.807) is 0 Å². The minimum absolute atomic E-state index is 0.266. The van der Waals surface area contributed by atoms with Gasteiger partial charge in [0.25, 0.3) is 0 Å². The maximum atomic E-state index is 9.03. The molecule has 3 rings (SSSR count). The van der Waals surface area contributed by atoms with E-state index in [1.807, 2.05) is 0 Å². The van der Waals surface area contributed by atoms with Gasteiger partial charge in [0.2, 0.25) is 0 Å². The zero-order valence-electron chi connectivity index (χ0n) is 16.6. The van der Waals surface area contributed by atoms with E-state index in [9.17, 15) is 0 Å². The maximum Gasteiger partial charge on any atom is 0.0558 e. The summed E-state index contributed by atoms with van der Waals surface area (Å²) in [7, 11) is 0. The van der Waals surface area contributed by atoms with Gasteiger partial charge in [0.15, 0.2) is 0 Å². The van der Waals surface area contributed by atoms with Crippen LogP contribution in [0.4, 0.5) is 5.69 Å². The quantitative estimate of drug-likeness (QED) is 0.613. The Hall–Kier alpha value is -1.56. The number of hydrogen-bond donors (Lipinski definition) is 3. The van der Waals surface area contributed by atoms with E-state index < -0.39 is 0 Å². The van der Waals surface area contributed by atoms with Crippen molar-refractivity contribution in [1.29, 1.82) is 0 Å². The Morgan fingerprint density at radius 2 is 1.63 bits per heavy atom. The van der Waals surface area contributed by atoms with Crippen LogP contribution < -0.4 is 11.1 Å². The van der Waals surface area contributed by atoms with Gasteiger partial charge in [-0.1, -0.05) is 24.6 Å². The van der Waals surface area contributed by atoms with Crippen molar-refractivity contribution in [3.63, 3.8) is 0 Å². The first-order chi connectivity index (χ1) is 13.3. The third-order valence-corrected chi connectivity index (χ3v) is 5.90. The molecule has 0 bridgehead atoms. The van der Waals surface area contributed by atoms with E-state index in [0.717, 1.165) is 70.8 Å². The monoisotopic (exact) mass is 372 g/mol. The van der Waals surface area contributed by atoms with Gasteiger partial charge < -0.3 is 21.1 Å². The van der Waals surface area contributed by atoms with Crippen LogP contribution >= 0.6 is 0 Å². The van der Waals surface area contributed by atoms with E-state index in [0.29, 0.717) is 0 Å². The third kappa shape index (κ3) is 5.96. The number of nitrogens with zero attached hydrogens (tertiary/aromatic N) is 2. The summed E-state index contributed by atoms with van der Waals surface area (Å²) in [6.45, 7) is 7.52. The van der Waals surface area contributed by atoms with Crippen LogP contribution in [0, 0.1) is 0 Å². The van der Waals surface area contributed by atoms with Gasteiger partial charge in [-0.15, -0.1) is 0 Å². The summed E-state index contributed by atoms with van der Waals surface area (Å²) in [6.07, 6.45) is 7.33. The lowest BCUT2D eigenvalue weighted by Gasteiger charge is -2.34. The van der Waals surface area contributed by atoms with Gasteiger partial charge in [0.1, 0.15) is 0 Å². The molecule has 1 heterocycles. The van der Waals surface area contributed by atoms with E-state index in [1.165, 1.54) is 36.1 Å². The minimum atomic E-state index is 0.266. The highest BCUT2D eigenvalue weighted by atomic mass is 16.3. The fourth-order valence-corrected chi connectivity index (χ4v) is 4.21. The topological polar surface area (TPSA) is 64.8 Å². The lowest BCUT2D eigenvalue weighted by Crippen LogP contribution is -2.47. The van der Waals surface area contributed by atoms with E-state index in [-0.39, 0.29) is 6.61 Å². The first-order valence-electron chi connectivity index (χ1n) is 10.6. The molecule has 1 aromatic carbocycles. The molecule has 2 aliphatic rings. The molecule has 27 heavy (non-hydrogen) atoms. The molecule has 1 aliphatic heterocycles. The summed E-state index contributed by atoms with van der Waals surface area (Å²) >= 11 is 0. The van der Waals surface area contributed by atoms with Crippen molar-refractivity contribution >= 4 is 11.4 Å². The molecule has 2 fully saturated rings. The number of hydrogen-bond acceptors (Lipinski definition) is 5. The van der Waals surface area contributed by atoms with Gasteiger partial charge >= 0.3 is 0 Å². The number of nitrogens with two attached hydrogens (primary N) is 1. The van der Waals surface area contributed by atoms with Crippen LogP contribution in [0.25, 0.3) is 5.70 Å². The molecule has 0 radical (unpaired) electrons. The Morgan fingerprint density at radius 3 is 2.33 bits per heavy atom. The summed E-state index contributed by atoms with van der Waals surface area (Å²) in [4.78, 5) is 4.87. The molecule has 5 heteroatoms. The average molecular weight is 373 g/mol. The molecular formula is C22H36N4O. The molecule has 0 amide bonds. The Kier molecular flexibility index (Phi) is 7.99. The van der Waals surface area contributed by atoms with Gasteiger partial charge in [0, 0.05) is 56.2 Å². The predicted molar refractivity (Wildman–Crippen MR) is 114 cm³/mol. The first-order valence-corrected chi connectivity index (χ1v) is 10.6. The van der Waals surface area contributed by atoms with Gasteiger partial charge in [-0.3, -0.25) is 4.90 Å². The Bertz CT molecular complexity index is 600. The number of aliphatic hydroxyl groups excluding tert-OH is 1. The van der Waals surface area contributed by atoms with Crippen molar-refractivity contribution in [2.45, 2.75) is 38.5 Å². The van der Waals surface area contributed by atoms with Crippen molar-refractivity contribution in [2.24, 2.45) is 5.73 Å². The predicted octanol–water partition coefficient (Wildman–Crippen LogP) is 2.73. The maximum absolute atomic E-state index is 9.03. The van der Waals surface area contributed by atoms with Crippen LogP contribution in [0.5, 0.6) is 0 Å². The molecule has 4 N–H and O–H groups in total. The number of rotatable bonds is 8. The number of aliphatic hydroxyl groups is 1. The van der Waals surface area contributed by atoms with Gasteiger partial charge in [-0.25, -0.2) is 0 Å². The van der Waals surface area contributed by atoms with Crippen LogP contribution in [0.2, 0.25) is 0 Å². The van der Waals surface area contributed by atoms with Gasteiger partial charge in [0.05, 0.1) is 6.61 Å². The average Bonchev–Trinajstić information content (AvgIpc) is 2.73. The molecular weight excluding hydrogens is 336 g/mol. The molecule has 1 saturated carbocycles. The number of nitrogens with one attached hydrogen (secondary N) is 1. The fourth-order valence-electron chi connectivity index (χ4n) is 4.21. The Balaban J connectivity index is 1.46. The summed E-state index contributed by atoms with van der Waals surface area (Å²) < 4.78 is 0. The second-order valence-corrected chi connectivity index (χ2v) is 7.81. The standard InChI is InChI=1S/C22H36N4O/c23-22(19-7-2-1-3-8-19)20-9-4-5-10-21(20)24-11-6-12-25-13-15-26(16-14-25)17-18-27/h4-5,9-10,24,27H,1-3,6-8,11-18,23H2. The van der Waals surface area contributed by atoms with Crippen molar-refractivity contribution in [3.05, 3.63) is 35.4 Å². The van der Waals surface area contributed by atoms with E-state index >= 15 is 0 Å². The summed E-state index contributed by atoms with van der Waals surface area (Å²) in [5.74, 6) is 0. The smallest absolute Gasteiger partial charge is 0.0558 e. The molecule has 5 nitrogen and oxygen atoms in total. The lowest BCUT2D eigenvalue weighted by molar-refractivity contribution is 0.112. The highest BCUT2D eigenvalue weighted by Gasteiger charge is 2.16. The van der Waals surface area contributed by atoms with E-state index in [2.05, 4.69) is 39.4 Å². The third-order valence-electron chi connectivity index (χ3n) is 5.90. The van der Waals surface area contributed by atoms with Crippen LogP contribution in [0.3, 0.4) is 0 Å². The fraction of sp³-hybridized carbons (Fsp3) is 0.636. The highest BCUT2D eigenvalue weighted by molar-refractivity contribution is 5.76. The summed E-state index contributed by atoms with van der Waals surface area (Å²) in [5, 5.41) is 12.7. The zero-order chi connectivity index (χ0) is 18.9. The van der Waals surface area contributed by atoms with Crippen LogP contribution in [0.15, 0.2) is 29.8 Å². The van der Waals surface area contributed by atoms with Crippen LogP contribution in [-0.2, 0) is 0 Å². The number of anilines is 1. The Labute approximate surface area is 164 Å². The number of piperazine rings is 1. The summed E-state index contributed by atoms with van der Waals surface area (Å²) in [5.41, 5.74) is 11.3. The second kappa shape index (κ2) is 10.7. The number of allylic oxidation sites excluding steroid dienone is 1. The molecule has 1 saturated heterocycles. The SMILES string of the molecule is NC(=C1CCCCC1)c1ccccc1NCCCN1CCN(CCO)CC1. The van der Waals surface area contributed by atoms with Gasteiger partial charge in [-0.2, -0.15) is 0 Å². The number of para-hydroxylation sites is 1. The summed E-state index contributed by atoms with van der Waals surface area (Å²) in [6, 6.07) is 8.48. The molecule has 1 aliphatic carbocycles. The zero-order valence-corrected chi connectivity index (χ0v) is 16.6. The largest absolute Gasteiger partial charge is 0.398 e.